The molecule has 5 nitrogen and oxygen atoms in total. The third kappa shape index (κ3) is 3.97. The first kappa shape index (κ1) is 13.2. The van der Waals surface area contributed by atoms with Crippen molar-refractivity contribution in [3.63, 3.8) is 0 Å². The highest BCUT2D eigenvalue weighted by atomic mass is 127. The van der Waals surface area contributed by atoms with Gasteiger partial charge in [-0.2, -0.15) is 0 Å². The molecule has 0 aromatic heterocycles. The highest BCUT2D eigenvalue weighted by Gasteiger charge is 2.15. The summed E-state index contributed by atoms with van der Waals surface area (Å²) in [6, 6.07) is 5.01. The number of hydrogen-bond acceptors (Lipinski definition) is 3. The van der Waals surface area contributed by atoms with Gasteiger partial charge in [-0.15, -0.1) is 0 Å². The monoisotopic (exact) mass is 355 g/mol. The number of aliphatic carboxylic acids is 1. The van der Waals surface area contributed by atoms with Gasteiger partial charge in [0.05, 0.1) is 0 Å². The van der Waals surface area contributed by atoms with E-state index in [1.165, 1.54) is 0 Å². The quantitative estimate of drug-likeness (QED) is 0.801. The van der Waals surface area contributed by atoms with E-state index < -0.39 is 21.7 Å². The smallest absolute Gasteiger partial charge is 0.320 e. The first-order valence-corrected chi connectivity index (χ1v) is 7.02. The number of rotatable bonds is 4. The summed E-state index contributed by atoms with van der Waals surface area (Å²) in [6.45, 7) is 1.90. The Labute approximate surface area is 107 Å². The summed E-state index contributed by atoms with van der Waals surface area (Å²) >= 11 is 2.08. The second kappa shape index (κ2) is 5.00. The number of aryl methyl sites for hydroxylation is 1. The van der Waals surface area contributed by atoms with Gasteiger partial charge in [-0.25, -0.2) is 8.42 Å². The zero-order valence-electron chi connectivity index (χ0n) is 8.40. The molecule has 0 heterocycles. The van der Waals surface area contributed by atoms with Gasteiger partial charge in [-0.1, -0.05) is 6.07 Å². The number of nitrogens with one attached hydrogen (secondary N) is 1. The zero-order valence-corrected chi connectivity index (χ0v) is 11.4. The minimum absolute atomic E-state index is 0.372. The number of sulfonamides is 1. The summed E-state index contributed by atoms with van der Waals surface area (Å²) in [4.78, 5) is 10.3. The van der Waals surface area contributed by atoms with Crippen LogP contribution in [0.5, 0.6) is 0 Å². The van der Waals surface area contributed by atoms with Crippen LogP contribution in [0.2, 0.25) is 0 Å². The van der Waals surface area contributed by atoms with E-state index in [0.29, 0.717) is 5.69 Å². The van der Waals surface area contributed by atoms with Crippen LogP contribution in [0.15, 0.2) is 18.2 Å². The van der Waals surface area contributed by atoms with Crippen molar-refractivity contribution in [3.8, 4) is 0 Å². The van der Waals surface area contributed by atoms with Crippen LogP contribution in [0.4, 0.5) is 5.69 Å². The van der Waals surface area contributed by atoms with E-state index in [1.807, 2.05) is 6.92 Å². The van der Waals surface area contributed by atoms with Crippen LogP contribution in [0.3, 0.4) is 0 Å². The van der Waals surface area contributed by atoms with Crippen molar-refractivity contribution in [1.82, 2.24) is 0 Å². The molecule has 0 aliphatic heterocycles. The summed E-state index contributed by atoms with van der Waals surface area (Å²) in [6.07, 6.45) is 0. The maximum absolute atomic E-state index is 11.3. The van der Waals surface area contributed by atoms with Crippen LogP contribution in [0.1, 0.15) is 5.56 Å². The maximum Gasteiger partial charge on any atom is 0.320 e. The predicted molar refractivity (Wildman–Crippen MR) is 68.9 cm³/mol. The Morgan fingerprint density at radius 1 is 1.50 bits per heavy atom. The lowest BCUT2D eigenvalue weighted by Crippen LogP contribution is -2.22. The van der Waals surface area contributed by atoms with Gasteiger partial charge < -0.3 is 5.11 Å². The van der Waals surface area contributed by atoms with E-state index in [1.54, 1.807) is 18.2 Å². The van der Waals surface area contributed by atoms with E-state index in [9.17, 15) is 13.2 Å². The fraction of sp³-hybridized carbons (Fsp3) is 0.222. The zero-order chi connectivity index (χ0) is 12.3. The Morgan fingerprint density at radius 2 is 2.12 bits per heavy atom. The number of carbonyl (C=O) groups is 1. The van der Waals surface area contributed by atoms with Gasteiger partial charge in [0.1, 0.15) is 0 Å². The van der Waals surface area contributed by atoms with Crippen LogP contribution in [0.25, 0.3) is 0 Å². The van der Waals surface area contributed by atoms with Crippen molar-refractivity contribution in [2.45, 2.75) is 6.92 Å². The van der Waals surface area contributed by atoms with Crippen molar-refractivity contribution >= 4 is 44.3 Å². The van der Waals surface area contributed by atoms with Crippen LogP contribution in [0, 0.1) is 10.5 Å². The molecule has 7 heteroatoms. The molecule has 0 aliphatic carbocycles. The van der Waals surface area contributed by atoms with E-state index in [4.69, 9.17) is 5.11 Å². The molecule has 0 amide bonds. The molecule has 0 unspecified atom stereocenters. The minimum Gasteiger partial charge on any atom is -0.480 e. The normalized spacial score (nSPS) is 11.1. The van der Waals surface area contributed by atoms with Crippen LogP contribution >= 0.6 is 22.6 Å². The molecule has 1 aromatic carbocycles. The molecule has 1 rings (SSSR count). The lowest BCUT2D eigenvalue weighted by Gasteiger charge is -2.07. The molecule has 0 radical (unpaired) electrons. The average molecular weight is 355 g/mol. The number of benzene rings is 1. The summed E-state index contributed by atoms with van der Waals surface area (Å²) in [5.74, 6) is -2.31. The van der Waals surface area contributed by atoms with Gasteiger partial charge in [0.25, 0.3) is 0 Å². The third-order valence-corrected chi connectivity index (χ3v) is 4.09. The van der Waals surface area contributed by atoms with Gasteiger partial charge in [-0.05, 0) is 47.2 Å². The molecule has 88 valence electrons. The molecule has 0 saturated carbocycles. The second-order valence-corrected chi connectivity index (χ2v) is 6.10. The summed E-state index contributed by atoms with van der Waals surface area (Å²) < 4.78 is 25.7. The van der Waals surface area contributed by atoms with Crippen molar-refractivity contribution < 1.29 is 18.3 Å². The Kier molecular flexibility index (Phi) is 4.14. The molecule has 0 atom stereocenters. The van der Waals surface area contributed by atoms with Crippen LogP contribution in [-0.2, 0) is 14.8 Å². The number of anilines is 1. The third-order valence-electron chi connectivity index (χ3n) is 1.76. The molecule has 0 aliphatic rings. The van der Waals surface area contributed by atoms with Gasteiger partial charge in [0, 0.05) is 9.26 Å². The van der Waals surface area contributed by atoms with Crippen molar-refractivity contribution in [2.24, 2.45) is 0 Å². The molecule has 0 bridgehead atoms. The number of carboxylic acid groups (broad SMARTS) is 1. The Morgan fingerprint density at radius 3 is 2.62 bits per heavy atom. The number of hydrogen-bond donors (Lipinski definition) is 2. The highest BCUT2D eigenvalue weighted by Crippen LogP contribution is 2.17. The van der Waals surface area contributed by atoms with Crippen molar-refractivity contribution in [1.29, 1.82) is 0 Å². The lowest BCUT2D eigenvalue weighted by molar-refractivity contribution is -0.134. The van der Waals surface area contributed by atoms with Gasteiger partial charge >= 0.3 is 5.97 Å². The Hall–Kier alpha value is -0.830. The van der Waals surface area contributed by atoms with E-state index >= 15 is 0 Å². The topological polar surface area (TPSA) is 83.5 Å². The first-order valence-electron chi connectivity index (χ1n) is 4.28. The number of carboxylic acids is 1. The highest BCUT2D eigenvalue weighted by molar-refractivity contribution is 14.1. The second-order valence-electron chi connectivity index (χ2n) is 3.22. The molecule has 0 spiro atoms. The summed E-state index contributed by atoms with van der Waals surface area (Å²) in [5.41, 5.74) is 1.40. The van der Waals surface area contributed by atoms with Gasteiger partial charge in [0.15, 0.2) is 5.75 Å². The molecule has 1 aromatic rings. The molecule has 16 heavy (non-hydrogen) atoms. The van der Waals surface area contributed by atoms with Crippen molar-refractivity contribution in [3.05, 3.63) is 27.3 Å². The standard InChI is InChI=1S/C9H10INO4S/c1-6-2-3-7(4-8(6)10)11-16(14,15)5-9(12)13/h2-4,11H,5H2,1H3,(H,12,13). The SMILES string of the molecule is Cc1ccc(NS(=O)(=O)CC(=O)O)cc1I. The number of halogens is 1. The molecular weight excluding hydrogens is 345 g/mol. The maximum atomic E-state index is 11.3. The Balaban J connectivity index is 2.88. The molecule has 0 saturated heterocycles. The van der Waals surface area contributed by atoms with E-state index in [2.05, 4.69) is 27.3 Å². The van der Waals surface area contributed by atoms with Crippen molar-refractivity contribution in [2.75, 3.05) is 10.5 Å². The van der Waals surface area contributed by atoms with Crippen LogP contribution in [-0.4, -0.2) is 25.2 Å². The fourth-order valence-corrected chi connectivity index (χ4v) is 2.43. The summed E-state index contributed by atoms with van der Waals surface area (Å²) in [5, 5.41) is 8.41. The predicted octanol–water partition coefficient (Wildman–Crippen LogP) is 1.43. The van der Waals surface area contributed by atoms with Gasteiger partial charge in [-0.3, -0.25) is 9.52 Å². The summed E-state index contributed by atoms with van der Waals surface area (Å²) in [7, 11) is -3.82. The first-order chi connectivity index (χ1) is 7.30. The minimum atomic E-state index is -3.82. The fourth-order valence-electron chi connectivity index (χ4n) is 1.03. The van der Waals surface area contributed by atoms with Crippen LogP contribution < -0.4 is 4.72 Å². The average Bonchev–Trinajstić information content (AvgIpc) is 2.08. The molecular formula is C9H10INO4S. The van der Waals surface area contributed by atoms with E-state index in [-0.39, 0.29) is 0 Å². The van der Waals surface area contributed by atoms with E-state index in [0.717, 1.165) is 9.13 Å². The largest absolute Gasteiger partial charge is 0.480 e. The molecule has 0 fully saturated rings. The Bertz CT molecular complexity index is 512. The lowest BCUT2D eigenvalue weighted by atomic mass is 10.2. The van der Waals surface area contributed by atoms with Gasteiger partial charge in [0.2, 0.25) is 10.0 Å². The molecule has 2 N–H and O–H groups in total.